The molecule has 3 aliphatic rings. The minimum Gasteiger partial charge on any atom is -0.463 e. The zero-order chi connectivity index (χ0) is 84.5. The maximum Gasteiger partial charge on any atom is 0.311 e. The van der Waals surface area contributed by atoms with E-state index in [9.17, 15) is 74.7 Å². The Labute approximate surface area is 681 Å². The molecule has 15 unspecified atom stereocenters. The van der Waals surface area contributed by atoms with Crippen molar-refractivity contribution >= 4 is 100 Å². The Morgan fingerprint density at radius 1 is 0.377 bits per heavy atom. The number of nitrogens with one attached hydrogen (secondary N) is 5. The fraction of sp³-hybridized carbons (Fsp3) is 0.787. The van der Waals surface area contributed by atoms with Crippen LogP contribution in [0.1, 0.15) is 224 Å². The van der Waals surface area contributed by atoms with Crippen LogP contribution in [0.5, 0.6) is 5.75 Å². The van der Waals surface area contributed by atoms with Crippen molar-refractivity contribution in [1.29, 1.82) is 0 Å². The molecule has 0 aromatic heterocycles. The molecular formula is C80H126F5N5O21S3. The van der Waals surface area contributed by atoms with E-state index in [-0.39, 0.29) is 221 Å². The van der Waals surface area contributed by atoms with Gasteiger partial charge >= 0.3 is 23.9 Å². The fourth-order valence-electron chi connectivity index (χ4n) is 13.6. The molecule has 5 amide bonds. The lowest BCUT2D eigenvalue weighted by atomic mass is 9.83. The molecule has 0 spiro atoms. The predicted octanol–water partition coefficient (Wildman–Crippen LogP) is 11.4. The van der Waals surface area contributed by atoms with E-state index in [1.807, 2.05) is 27.7 Å². The number of carbonyl (C=O) groups excluding carboxylic acids is 11. The third-order valence-corrected chi connectivity index (χ3v) is 24.7. The number of unbranched alkanes of at least 4 members (excludes halogenated alkanes) is 11. The van der Waals surface area contributed by atoms with Gasteiger partial charge in [-0.2, -0.15) is 8.78 Å². The first-order chi connectivity index (χ1) is 54.1. The van der Waals surface area contributed by atoms with Crippen LogP contribution in [-0.2, 0) is 95.4 Å². The summed E-state index contributed by atoms with van der Waals surface area (Å²) in [6.07, 6.45) is 8.99. The number of hydrogen-bond donors (Lipinski definition) is 5. The molecule has 15 atom stereocenters. The van der Waals surface area contributed by atoms with E-state index in [1.165, 1.54) is 41.5 Å². The molecular weight excluding hydrogens is 1560 g/mol. The van der Waals surface area contributed by atoms with E-state index < -0.39 is 83.0 Å². The molecule has 26 nitrogen and oxygen atoms in total. The van der Waals surface area contributed by atoms with Crippen LogP contribution >= 0.6 is 35.3 Å². The van der Waals surface area contributed by atoms with E-state index in [4.69, 9.17) is 42.6 Å². The standard InChI is InChI=1S/C80H126F5N5O21S3/c1-48-51(4)73(87-54(7)91)77(108-62(48)42-105-57(10)94)112-39-24-18-13-15-21-28-60(97)32-36-102-45-80(90-66(100)30-27-31-67(101)111-76-71(84)69(82)68(81)70(83)72(76)85,46-103-37-33-61(98)29-22-16-14-19-25-40-113-78-74(88-55(8)92)52(5)49(2)63(109-78)43-106-58(11)95)47-104-38-34-65(99)86-35-23-17-20-26-41-114-79-75(89-56(9)93)53(6)50(3)64(110-79)44-107-59(12)96/h48-53,62-64,73-75,77-79H,13-47H2,1-12H3,(H,86,99)(H,87,91)(H,88,92)(H,89,93)(H,90,100). The molecule has 1 aromatic rings. The van der Waals surface area contributed by atoms with Crippen molar-refractivity contribution < 1.29 is 122 Å². The summed E-state index contributed by atoms with van der Waals surface area (Å²) < 4.78 is 128. The van der Waals surface area contributed by atoms with Gasteiger partial charge in [-0.15, -0.1) is 35.3 Å². The van der Waals surface area contributed by atoms with Crippen molar-refractivity contribution in [2.75, 3.05) is 83.3 Å². The molecule has 114 heavy (non-hydrogen) atoms. The predicted molar refractivity (Wildman–Crippen MR) is 421 cm³/mol. The molecule has 3 heterocycles. The SMILES string of the molecule is CC(=O)NC1C(SCCCCCCCC(=O)CCOCC(COCCC(=O)CCCCCCCSC2OC(COC(C)=O)C(C)C(C)C2NC(C)=O)(COCCC(=O)NCCCCCCSC2OC(COC(C)=O)C(C)C(C)C2NC(C)=O)NC(=O)CCCC(=O)Oc2c(F)c(F)c(F)c(F)c2F)OC(COC(C)=O)C(C)C1C. The van der Waals surface area contributed by atoms with Crippen molar-refractivity contribution in [3.8, 4) is 5.75 Å². The molecule has 3 saturated heterocycles. The van der Waals surface area contributed by atoms with Crippen molar-refractivity contribution in [3.05, 3.63) is 29.1 Å². The van der Waals surface area contributed by atoms with Gasteiger partial charge in [0.05, 0.1) is 76.1 Å². The van der Waals surface area contributed by atoms with Gasteiger partial charge in [-0.3, -0.25) is 52.7 Å². The number of Topliss-reactive ketones (excluding diaryl/α,β-unsaturated/α-hetero) is 2. The summed E-state index contributed by atoms with van der Waals surface area (Å²) in [4.78, 5) is 138. The van der Waals surface area contributed by atoms with Crippen LogP contribution in [0.25, 0.3) is 0 Å². The second-order valence-electron chi connectivity index (χ2n) is 30.3. The fourth-order valence-corrected chi connectivity index (χ4v) is 17.6. The third kappa shape index (κ3) is 37.5. The zero-order valence-electron chi connectivity index (χ0n) is 68.6. The molecule has 34 heteroatoms. The molecule has 0 bridgehead atoms. The number of ketones is 2. The first kappa shape index (κ1) is 101. The third-order valence-electron chi connectivity index (χ3n) is 20.9. The monoisotopic (exact) mass is 1680 g/mol. The van der Waals surface area contributed by atoms with Gasteiger partial charge in [0.15, 0.2) is 0 Å². The van der Waals surface area contributed by atoms with Crippen LogP contribution in [0.4, 0.5) is 22.0 Å². The number of thioether (sulfide) groups is 3. The van der Waals surface area contributed by atoms with Crippen molar-refractivity contribution in [2.24, 2.45) is 35.5 Å². The summed E-state index contributed by atoms with van der Waals surface area (Å²) in [7, 11) is 0. The molecule has 0 saturated carbocycles. The molecule has 4 rings (SSSR count). The number of carbonyl (C=O) groups is 11. The van der Waals surface area contributed by atoms with Crippen LogP contribution in [0.3, 0.4) is 0 Å². The van der Waals surface area contributed by atoms with Crippen LogP contribution in [-0.4, -0.2) is 207 Å². The number of esters is 4. The Hall–Kier alpha value is -5.75. The van der Waals surface area contributed by atoms with E-state index in [1.54, 1.807) is 35.3 Å². The summed E-state index contributed by atoms with van der Waals surface area (Å²) in [5, 5.41) is 14.9. The first-order valence-corrected chi connectivity index (χ1v) is 43.4. The molecule has 3 aliphatic heterocycles. The summed E-state index contributed by atoms with van der Waals surface area (Å²) >= 11 is 4.80. The lowest BCUT2D eigenvalue weighted by Crippen LogP contribution is -2.58. The quantitative estimate of drug-likeness (QED) is 0.00769. The highest BCUT2D eigenvalue weighted by Gasteiger charge is 2.46. The van der Waals surface area contributed by atoms with Crippen LogP contribution in [0.2, 0.25) is 0 Å². The average Bonchev–Trinajstić information content (AvgIpc) is 0.816. The number of hydrogen-bond acceptors (Lipinski definition) is 24. The summed E-state index contributed by atoms with van der Waals surface area (Å²) in [5.41, 5.74) is -2.61. The zero-order valence-corrected chi connectivity index (χ0v) is 71.0. The highest BCUT2D eigenvalue weighted by Crippen LogP contribution is 2.40. The molecule has 1 aromatic carbocycles. The van der Waals surface area contributed by atoms with Crippen LogP contribution < -0.4 is 31.3 Å². The largest absolute Gasteiger partial charge is 0.463 e. The Kier molecular flexibility index (Phi) is 48.0. The number of rotatable bonds is 56. The Bertz CT molecular complexity index is 2930. The van der Waals surface area contributed by atoms with Gasteiger partial charge in [-0.05, 0) is 97.7 Å². The van der Waals surface area contributed by atoms with Gasteiger partial charge in [-0.1, -0.05) is 92.9 Å². The van der Waals surface area contributed by atoms with Gasteiger partial charge in [0, 0.05) is 93.0 Å². The number of amides is 5. The minimum absolute atomic E-state index is 0.00327. The summed E-state index contributed by atoms with van der Waals surface area (Å²) in [5.74, 6) is -15.5. The molecule has 0 radical (unpaired) electrons. The van der Waals surface area contributed by atoms with Gasteiger partial charge in [0.2, 0.25) is 64.4 Å². The van der Waals surface area contributed by atoms with E-state index in [0.717, 1.165) is 87.9 Å². The first-order valence-electron chi connectivity index (χ1n) is 40.2. The Morgan fingerprint density at radius 2 is 0.711 bits per heavy atom. The molecule has 5 N–H and O–H groups in total. The maximum absolute atomic E-state index is 14.4. The maximum atomic E-state index is 14.4. The smallest absolute Gasteiger partial charge is 0.311 e. The Balaban J connectivity index is 1.37. The second-order valence-corrected chi connectivity index (χ2v) is 33.9. The summed E-state index contributed by atoms with van der Waals surface area (Å²) in [6.45, 7) is 20.0. The lowest BCUT2D eigenvalue weighted by molar-refractivity contribution is -0.155. The van der Waals surface area contributed by atoms with Gasteiger partial charge in [0.1, 0.15) is 53.2 Å². The van der Waals surface area contributed by atoms with Gasteiger partial charge in [0.25, 0.3) is 0 Å². The lowest BCUT2D eigenvalue weighted by Gasteiger charge is -2.44. The van der Waals surface area contributed by atoms with Gasteiger partial charge < -0.3 is 74.0 Å². The van der Waals surface area contributed by atoms with E-state index >= 15 is 0 Å². The van der Waals surface area contributed by atoms with E-state index in [0.29, 0.717) is 25.8 Å². The summed E-state index contributed by atoms with van der Waals surface area (Å²) in [6, 6.07) is -0.708. The average molecular weight is 1690 g/mol. The minimum atomic E-state index is -2.45. The van der Waals surface area contributed by atoms with Gasteiger partial charge in [-0.25, -0.2) is 13.2 Å². The number of halogens is 5. The van der Waals surface area contributed by atoms with E-state index in [2.05, 4.69) is 45.2 Å². The highest BCUT2D eigenvalue weighted by atomic mass is 32.2. The Morgan fingerprint density at radius 3 is 1.07 bits per heavy atom. The highest BCUT2D eigenvalue weighted by molar-refractivity contribution is 8.00. The molecule has 650 valence electrons. The van der Waals surface area contributed by atoms with Crippen molar-refractivity contribution in [2.45, 2.75) is 283 Å². The molecule has 0 aliphatic carbocycles. The second kappa shape index (κ2) is 54.4. The topological polar surface area (TPSA) is 340 Å². The number of ether oxygens (including phenoxy) is 10. The number of benzene rings is 1. The van der Waals surface area contributed by atoms with Crippen LogP contribution in [0, 0.1) is 64.6 Å². The van der Waals surface area contributed by atoms with Crippen molar-refractivity contribution in [3.63, 3.8) is 0 Å². The van der Waals surface area contributed by atoms with Crippen LogP contribution in [0.15, 0.2) is 0 Å². The molecule has 3 fully saturated rings. The normalized spacial score (nSPS) is 24.0. The van der Waals surface area contributed by atoms with Crippen molar-refractivity contribution in [1.82, 2.24) is 26.6 Å².